The highest BCUT2D eigenvalue weighted by atomic mass is 127. The minimum atomic E-state index is -0.149. The zero-order valence-electron chi connectivity index (χ0n) is 12.2. The van der Waals surface area contributed by atoms with E-state index in [9.17, 15) is 4.79 Å². The fourth-order valence-corrected chi connectivity index (χ4v) is 2.70. The van der Waals surface area contributed by atoms with E-state index in [1.165, 1.54) is 0 Å². The van der Waals surface area contributed by atoms with E-state index in [-0.39, 0.29) is 5.91 Å². The molecule has 2 aromatic carbocycles. The Bertz CT molecular complexity index is 691. The molecule has 0 aliphatic carbocycles. The average molecular weight is 432 g/mol. The molecule has 0 aliphatic heterocycles. The summed E-state index contributed by atoms with van der Waals surface area (Å²) in [6.07, 6.45) is 0. The second-order valence-electron chi connectivity index (χ2n) is 4.49. The smallest absolute Gasteiger partial charge is 0.251 e. The highest BCUT2D eigenvalue weighted by Crippen LogP contribution is 2.33. The maximum Gasteiger partial charge on any atom is 0.251 e. The number of hydrogen-bond donors (Lipinski definition) is 1. The van der Waals surface area contributed by atoms with Crippen LogP contribution in [-0.2, 0) is 6.54 Å². The maximum atomic E-state index is 12.1. The number of methoxy groups -OCH3 is 2. The van der Waals surface area contributed by atoms with E-state index in [4.69, 9.17) is 21.1 Å². The fraction of sp³-hybridized carbons (Fsp3) is 0.188. The summed E-state index contributed by atoms with van der Waals surface area (Å²) in [7, 11) is 3.10. The Hall–Kier alpha value is -1.47. The normalized spacial score (nSPS) is 10.2. The molecule has 4 nitrogen and oxygen atoms in total. The van der Waals surface area contributed by atoms with Crippen molar-refractivity contribution in [3.8, 4) is 11.5 Å². The number of benzene rings is 2. The van der Waals surface area contributed by atoms with Crippen molar-refractivity contribution in [2.24, 2.45) is 0 Å². The SMILES string of the molecule is COc1cc(Cl)c(CNC(=O)c2cccc(I)c2)cc1OC. The van der Waals surface area contributed by atoms with Crippen LogP contribution in [0.3, 0.4) is 0 Å². The summed E-state index contributed by atoms with van der Waals surface area (Å²) in [6.45, 7) is 0.309. The quantitative estimate of drug-likeness (QED) is 0.731. The molecule has 22 heavy (non-hydrogen) atoms. The summed E-state index contributed by atoms with van der Waals surface area (Å²) in [6, 6.07) is 10.8. The van der Waals surface area contributed by atoms with E-state index < -0.39 is 0 Å². The van der Waals surface area contributed by atoms with Crippen LogP contribution in [0.15, 0.2) is 36.4 Å². The van der Waals surface area contributed by atoms with Crippen LogP contribution < -0.4 is 14.8 Å². The first-order chi connectivity index (χ1) is 10.5. The lowest BCUT2D eigenvalue weighted by Gasteiger charge is -2.12. The maximum absolute atomic E-state index is 12.1. The lowest BCUT2D eigenvalue weighted by atomic mass is 10.1. The van der Waals surface area contributed by atoms with Gasteiger partial charge >= 0.3 is 0 Å². The first kappa shape index (κ1) is 16.9. The van der Waals surface area contributed by atoms with Crippen molar-refractivity contribution in [3.05, 3.63) is 56.1 Å². The minimum Gasteiger partial charge on any atom is -0.493 e. The summed E-state index contributed by atoms with van der Waals surface area (Å²) >= 11 is 8.37. The van der Waals surface area contributed by atoms with Gasteiger partial charge in [-0.25, -0.2) is 0 Å². The van der Waals surface area contributed by atoms with Gasteiger partial charge in [0, 0.05) is 26.8 Å². The van der Waals surface area contributed by atoms with Gasteiger partial charge in [0.15, 0.2) is 11.5 Å². The number of carbonyl (C=O) groups is 1. The minimum absolute atomic E-state index is 0.149. The number of amides is 1. The number of carbonyl (C=O) groups excluding carboxylic acids is 1. The van der Waals surface area contributed by atoms with E-state index in [2.05, 4.69) is 27.9 Å². The summed E-state index contributed by atoms with van der Waals surface area (Å²) in [4.78, 5) is 12.1. The van der Waals surface area contributed by atoms with Gasteiger partial charge in [0.1, 0.15) is 0 Å². The molecule has 0 bridgehead atoms. The average Bonchev–Trinajstić information content (AvgIpc) is 2.53. The van der Waals surface area contributed by atoms with Crippen LogP contribution in [0.1, 0.15) is 15.9 Å². The molecule has 0 unspecified atom stereocenters. The Kier molecular flexibility index (Phi) is 5.90. The third kappa shape index (κ3) is 4.04. The van der Waals surface area contributed by atoms with Gasteiger partial charge in [0.05, 0.1) is 14.2 Å². The summed E-state index contributed by atoms with van der Waals surface area (Å²) < 4.78 is 11.4. The molecule has 2 aromatic rings. The topological polar surface area (TPSA) is 47.6 Å². The van der Waals surface area contributed by atoms with E-state index in [0.717, 1.165) is 9.13 Å². The Morgan fingerprint density at radius 3 is 2.50 bits per heavy atom. The molecule has 0 atom stereocenters. The molecule has 116 valence electrons. The predicted octanol–water partition coefficient (Wildman–Crippen LogP) is 3.89. The molecule has 0 aromatic heterocycles. The molecule has 0 spiro atoms. The Balaban J connectivity index is 2.13. The Morgan fingerprint density at radius 1 is 1.18 bits per heavy atom. The largest absolute Gasteiger partial charge is 0.493 e. The van der Waals surface area contributed by atoms with Crippen LogP contribution in [0.2, 0.25) is 5.02 Å². The molecule has 2 rings (SSSR count). The van der Waals surface area contributed by atoms with Gasteiger partial charge in [-0.3, -0.25) is 4.79 Å². The van der Waals surface area contributed by atoms with Crippen LogP contribution in [-0.4, -0.2) is 20.1 Å². The van der Waals surface area contributed by atoms with E-state index in [1.807, 2.05) is 18.2 Å². The standard InChI is InChI=1S/C16H15ClINO3/c1-21-14-7-11(13(17)8-15(14)22-2)9-19-16(20)10-4-3-5-12(18)6-10/h3-8H,9H2,1-2H3,(H,19,20). The summed E-state index contributed by atoms with van der Waals surface area (Å²) in [5.41, 5.74) is 1.38. The highest BCUT2D eigenvalue weighted by Gasteiger charge is 2.11. The van der Waals surface area contributed by atoms with Crippen molar-refractivity contribution in [1.82, 2.24) is 5.32 Å². The molecule has 0 radical (unpaired) electrons. The van der Waals surface area contributed by atoms with Crippen LogP contribution in [0.5, 0.6) is 11.5 Å². The molecule has 1 amide bonds. The van der Waals surface area contributed by atoms with Gasteiger partial charge in [0.25, 0.3) is 5.91 Å². The second kappa shape index (κ2) is 7.69. The van der Waals surface area contributed by atoms with Gasteiger partial charge in [-0.2, -0.15) is 0 Å². The van der Waals surface area contributed by atoms with E-state index in [1.54, 1.807) is 32.4 Å². The third-order valence-electron chi connectivity index (χ3n) is 3.08. The van der Waals surface area contributed by atoms with Crippen molar-refractivity contribution in [2.45, 2.75) is 6.54 Å². The van der Waals surface area contributed by atoms with Crippen molar-refractivity contribution in [2.75, 3.05) is 14.2 Å². The number of halogens is 2. The second-order valence-corrected chi connectivity index (χ2v) is 6.14. The molecule has 0 heterocycles. The number of ether oxygens (including phenoxy) is 2. The monoisotopic (exact) mass is 431 g/mol. The Morgan fingerprint density at radius 2 is 1.86 bits per heavy atom. The van der Waals surface area contributed by atoms with Crippen molar-refractivity contribution in [1.29, 1.82) is 0 Å². The molecule has 0 saturated heterocycles. The van der Waals surface area contributed by atoms with Gasteiger partial charge in [-0.15, -0.1) is 0 Å². The molecule has 0 saturated carbocycles. The van der Waals surface area contributed by atoms with E-state index in [0.29, 0.717) is 28.6 Å². The number of rotatable bonds is 5. The first-order valence-corrected chi connectivity index (χ1v) is 7.95. The lowest BCUT2D eigenvalue weighted by molar-refractivity contribution is 0.0951. The zero-order valence-corrected chi connectivity index (χ0v) is 15.1. The fourth-order valence-electron chi connectivity index (χ4n) is 1.94. The molecular formula is C16H15ClINO3. The molecule has 0 fully saturated rings. The Labute approximate surface area is 147 Å². The van der Waals surface area contributed by atoms with Gasteiger partial charge in [0.2, 0.25) is 0 Å². The predicted molar refractivity (Wildman–Crippen MR) is 94.9 cm³/mol. The molecule has 0 aliphatic rings. The zero-order chi connectivity index (χ0) is 16.1. The first-order valence-electron chi connectivity index (χ1n) is 6.49. The van der Waals surface area contributed by atoms with Crippen molar-refractivity contribution in [3.63, 3.8) is 0 Å². The number of hydrogen-bond acceptors (Lipinski definition) is 3. The van der Waals surface area contributed by atoms with Gasteiger partial charge in [-0.05, 0) is 52.4 Å². The molecular weight excluding hydrogens is 417 g/mol. The van der Waals surface area contributed by atoms with Gasteiger partial charge < -0.3 is 14.8 Å². The molecule has 6 heteroatoms. The lowest BCUT2D eigenvalue weighted by Crippen LogP contribution is -2.23. The van der Waals surface area contributed by atoms with E-state index >= 15 is 0 Å². The van der Waals surface area contributed by atoms with Crippen LogP contribution in [0.25, 0.3) is 0 Å². The van der Waals surface area contributed by atoms with Crippen LogP contribution in [0, 0.1) is 3.57 Å². The highest BCUT2D eigenvalue weighted by molar-refractivity contribution is 14.1. The summed E-state index contributed by atoms with van der Waals surface area (Å²) in [5.74, 6) is 0.981. The molecule has 1 N–H and O–H groups in total. The van der Waals surface area contributed by atoms with Gasteiger partial charge in [-0.1, -0.05) is 17.7 Å². The third-order valence-corrected chi connectivity index (χ3v) is 4.10. The van der Waals surface area contributed by atoms with Crippen molar-refractivity contribution < 1.29 is 14.3 Å². The summed E-state index contributed by atoms with van der Waals surface area (Å²) in [5, 5.41) is 3.36. The van der Waals surface area contributed by atoms with Crippen LogP contribution >= 0.6 is 34.2 Å². The van der Waals surface area contributed by atoms with Crippen molar-refractivity contribution >= 4 is 40.1 Å². The number of nitrogens with one attached hydrogen (secondary N) is 1. The van der Waals surface area contributed by atoms with Crippen LogP contribution in [0.4, 0.5) is 0 Å².